The largest absolute Gasteiger partial charge is 0.457 e. The number of aromatic nitrogens is 2. The molecule has 0 saturated heterocycles. The maximum Gasteiger partial charge on any atom is 0.168 e. The van der Waals surface area contributed by atoms with Crippen LogP contribution in [-0.2, 0) is 6.54 Å². The van der Waals surface area contributed by atoms with Crippen molar-refractivity contribution in [3.63, 3.8) is 0 Å². The molecule has 4 aromatic carbocycles. The lowest BCUT2D eigenvalue weighted by Gasteiger charge is -2.09. The van der Waals surface area contributed by atoms with Gasteiger partial charge in [-0.1, -0.05) is 71.8 Å². The number of benzene rings is 4. The molecule has 0 aliphatic carbocycles. The zero-order valence-corrected chi connectivity index (χ0v) is 18.7. The summed E-state index contributed by atoms with van der Waals surface area (Å²) in [6, 6.07) is 27.1. The second-order valence-electron chi connectivity index (χ2n) is 7.83. The summed E-state index contributed by atoms with van der Waals surface area (Å²) in [5.41, 5.74) is 3.99. The Bertz CT molecular complexity index is 1400. The van der Waals surface area contributed by atoms with E-state index in [2.05, 4.69) is 15.5 Å². The molecular formula is C27H21ClFN3O. The molecule has 4 nitrogen and oxygen atoms in total. The van der Waals surface area contributed by atoms with Gasteiger partial charge in [0.05, 0.1) is 5.02 Å². The molecule has 0 atom stereocenters. The van der Waals surface area contributed by atoms with Crippen LogP contribution >= 0.6 is 11.6 Å². The van der Waals surface area contributed by atoms with Crippen LogP contribution in [0.5, 0.6) is 11.5 Å². The predicted molar refractivity (Wildman–Crippen MR) is 132 cm³/mol. The van der Waals surface area contributed by atoms with Crippen molar-refractivity contribution in [2.45, 2.75) is 13.5 Å². The fourth-order valence-electron chi connectivity index (χ4n) is 3.66. The van der Waals surface area contributed by atoms with Crippen LogP contribution < -0.4 is 10.1 Å². The summed E-state index contributed by atoms with van der Waals surface area (Å²) in [4.78, 5) is 0. The van der Waals surface area contributed by atoms with Crippen LogP contribution in [0.4, 0.5) is 10.2 Å². The van der Waals surface area contributed by atoms with Gasteiger partial charge in [-0.2, -0.15) is 5.10 Å². The van der Waals surface area contributed by atoms with Crippen molar-refractivity contribution in [2.24, 2.45) is 0 Å². The minimum absolute atomic E-state index is 0.0769. The molecule has 6 heteroatoms. The van der Waals surface area contributed by atoms with Gasteiger partial charge in [0, 0.05) is 17.5 Å². The number of nitrogens with zero attached hydrogens (tertiary/aromatic N) is 1. The average Bonchev–Trinajstić information content (AvgIpc) is 3.26. The monoisotopic (exact) mass is 457 g/mol. The Labute approximate surface area is 196 Å². The number of hydrogen-bond donors (Lipinski definition) is 2. The second-order valence-corrected chi connectivity index (χ2v) is 8.20. The number of aryl methyl sites for hydroxylation is 1. The standard InChI is InChI=1S/C27H21ClFN3O/c1-17-7-11-20(12-8-17)33-21-13-9-18(10-14-21)16-30-27-23-15-22(19-5-3-2-4-6-19)24(28)25(29)26(23)31-32-27/h2-15H,16H2,1H3,(H2,30,31,32). The normalized spacial score (nSPS) is 11.0. The van der Waals surface area contributed by atoms with Crippen LogP contribution in [0.2, 0.25) is 5.02 Å². The van der Waals surface area contributed by atoms with Crippen molar-refractivity contribution >= 4 is 28.3 Å². The first-order valence-electron chi connectivity index (χ1n) is 10.6. The Hall–Kier alpha value is -3.83. The van der Waals surface area contributed by atoms with Crippen LogP contribution in [0.25, 0.3) is 22.0 Å². The van der Waals surface area contributed by atoms with E-state index in [0.29, 0.717) is 23.3 Å². The number of fused-ring (bicyclic) bond motifs is 1. The minimum Gasteiger partial charge on any atom is -0.457 e. The van der Waals surface area contributed by atoms with Gasteiger partial charge >= 0.3 is 0 Å². The first kappa shape index (κ1) is 21.0. The molecule has 5 rings (SSSR count). The van der Waals surface area contributed by atoms with E-state index in [1.807, 2.05) is 91.9 Å². The lowest BCUT2D eigenvalue weighted by atomic mass is 10.0. The van der Waals surface area contributed by atoms with Crippen molar-refractivity contribution in [3.05, 3.63) is 107 Å². The summed E-state index contributed by atoms with van der Waals surface area (Å²) in [6.45, 7) is 2.56. The predicted octanol–water partition coefficient (Wildman–Crippen LogP) is 7.74. The Kier molecular flexibility index (Phi) is 5.71. The molecule has 5 aromatic rings. The summed E-state index contributed by atoms with van der Waals surface area (Å²) in [5.74, 6) is 1.62. The van der Waals surface area contributed by atoms with Gasteiger partial charge in [0.1, 0.15) is 17.0 Å². The van der Waals surface area contributed by atoms with Crippen LogP contribution in [-0.4, -0.2) is 10.2 Å². The highest BCUT2D eigenvalue weighted by Crippen LogP contribution is 2.37. The van der Waals surface area contributed by atoms with Gasteiger partial charge in [0.2, 0.25) is 0 Å². The topological polar surface area (TPSA) is 49.9 Å². The van der Waals surface area contributed by atoms with E-state index in [1.54, 1.807) is 0 Å². The van der Waals surface area contributed by atoms with Crippen molar-refractivity contribution < 1.29 is 9.13 Å². The van der Waals surface area contributed by atoms with Crippen molar-refractivity contribution in [1.82, 2.24) is 10.2 Å². The van der Waals surface area contributed by atoms with Crippen LogP contribution in [0, 0.1) is 12.7 Å². The molecule has 0 unspecified atom stereocenters. The van der Waals surface area contributed by atoms with E-state index in [-0.39, 0.29) is 10.5 Å². The van der Waals surface area contributed by atoms with Gasteiger partial charge in [-0.15, -0.1) is 0 Å². The number of halogens is 2. The zero-order chi connectivity index (χ0) is 22.8. The third-order valence-corrected chi connectivity index (χ3v) is 5.84. The third-order valence-electron chi connectivity index (χ3n) is 5.47. The van der Waals surface area contributed by atoms with Crippen molar-refractivity contribution in [3.8, 4) is 22.6 Å². The van der Waals surface area contributed by atoms with Crippen LogP contribution in [0.15, 0.2) is 84.9 Å². The molecule has 0 radical (unpaired) electrons. The Morgan fingerprint density at radius 2 is 1.61 bits per heavy atom. The Morgan fingerprint density at radius 1 is 0.939 bits per heavy atom. The summed E-state index contributed by atoms with van der Waals surface area (Å²) in [5, 5.41) is 11.0. The van der Waals surface area contributed by atoms with E-state index in [9.17, 15) is 4.39 Å². The molecule has 2 N–H and O–H groups in total. The van der Waals surface area contributed by atoms with Crippen LogP contribution in [0.1, 0.15) is 11.1 Å². The maximum atomic E-state index is 14.9. The number of rotatable bonds is 6. The molecule has 0 amide bonds. The Morgan fingerprint density at radius 3 is 2.30 bits per heavy atom. The third kappa shape index (κ3) is 4.41. The molecule has 33 heavy (non-hydrogen) atoms. The first-order valence-corrected chi connectivity index (χ1v) is 10.9. The maximum absolute atomic E-state index is 14.9. The molecule has 0 aliphatic heterocycles. The highest BCUT2D eigenvalue weighted by molar-refractivity contribution is 6.34. The number of anilines is 1. The van der Waals surface area contributed by atoms with Crippen molar-refractivity contribution in [2.75, 3.05) is 5.32 Å². The number of hydrogen-bond acceptors (Lipinski definition) is 3. The smallest absolute Gasteiger partial charge is 0.168 e. The summed E-state index contributed by atoms with van der Waals surface area (Å²) < 4.78 is 20.8. The highest BCUT2D eigenvalue weighted by atomic mass is 35.5. The molecule has 0 fully saturated rings. The lowest BCUT2D eigenvalue weighted by Crippen LogP contribution is -2.00. The molecule has 0 bridgehead atoms. The number of ether oxygens (including phenoxy) is 1. The number of H-pyrrole nitrogens is 1. The molecule has 164 valence electrons. The number of nitrogens with one attached hydrogen (secondary N) is 2. The summed E-state index contributed by atoms with van der Waals surface area (Å²) >= 11 is 6.31. The SMILES string of the molecule is Cc1ccc(Oc2ccc(CNc3n[nH]c4c(F)c(Cl)c(-c5ccccc5)cc34)cc2)cc1. The first-order chi connectivity index (χ1) is 16.1. The Balaban J connectivity index is 1.34. The van der Waals surface area contributed by atoms with E-state index in [1.165, 1.54) is 5.56 Å². The van der Waals surface area contributed by atoms with Gasteiger partial charge in [-0.3, -0.25) is 5.10 Å². The van der Waals surface area contributed by atoms with E-state index >= 15 is 0 Å². The molecular weight excluding hydrogens is 437 g/mol. The molecule has 0 saturated carbocycles. The molecule has 1 aromatic heterocycles. The second kappa shape index (κ2) is 8.96. The molecule has 0 aliphatic rings. The number of aromatic amines is 1. The fraction of sp³-hybridized carbons (Fsp3) is 0.0741. The minimum atomic E-state index is -0.508. The quantitative estimate of drug-likeness (QED) is 0.274. The van der Waals surface area contributed by atoms with Gasteiger partial charge in [0.25, 0.3) is 0 Å². The van der Waals surface area contributed by atoms with E-state index in [0.717, 1.165) is 22.6 Å². The van der Waals surface area contributed by atoms with E-state index in [4.69, 9.17) is 16.3 Å². The lowest BCUT2D eigenvalue weighted by molar-refractivity contribution is 0.482. The van der Waals surface area contributed by atoms with Gasteiger partial charge in [-0.05, 0) is 48.4 Å². The highest BCUT2D eigenvalue weighted by Gasteiger charge is 2.17. The summed E-state index contributed by atoms with van der Waals surface area (Å²) in [6.07, 6.45) is 0. The molecule has 1 heterocycles. The van der Waals surface area contributed by atoms with E-state index < -0.39 is 5.82 Å². The van der Waals surface area contributed by atoms with Gasteiger partial charge in [0.15, 0.2) is 11.6 Å². The average molecular weight is 458 g/mol. The van der Waals surface area contributed by atoms with Crippen molar-refractivity contribution in [1.29, 1.82) is 0 Å². The van der Waals surface area contributed by atoms with Crippen LogP contribution in [0.3, 0.4) is 0 Å². The fourth-order valence-corrected chi connectivity index (χ4v) is 3.92. The zero-order valence-electron chi connectivity index (χ0n) is 17.9. The van der Waals surface area contributed by atoms with Gasteiger partial charge in [-0.25, -0.2) is 4.39 Å². The van der Waals surface area contributed by atoms with Gasteiger partial charge < -0.3 is 10.1 Å². The summed E-state index contributed by atoms with van der Waals surface area (Å²) in [7, 11) is 0. The molecule has 0 spiro atoms.